The fraction of sp³-hybridized carbons (Fsp3) is 0.286. The number of nitrogens with zero attached hydrogens (tertiary/aromatic N) is 2. The molecule has 0 bridgehead atoms. The van der Waals surface area contributed by atoms with Crippen molar-refractivity contribution in [2.45, 2.75) is 13.8 Å². The molecule has 0 spiro atoms. The van der Waals surface area contributed by atoms with Crippen molar-refractivity contribution >= 4 is 29.1 Å². The van der Waals surface area contributed by atoms with Crippen LogP contribution in [0.1, 0.15) is 33.3 Å². The molecule has 0 aromatic carbocycles. The van der Waals surface area contributed by atoms with Gasteiger partial charge in [-0.15, -0.1) is 11.3 Å². The average molecular weight is 322 g/mol. The van der Waals surface area contributed by atoms with Gasteiger partial charge in [0, 0.05) is 18.6 Å². The molecule has 0 saturated carbocycles. The number of carbonyl (C=O) groups is 3. The van der Waals surface area contributed by atoms with Gasteiger partial charge in [0.25, 0.3) is 5.78 Å². The number of carboxylic acids is 1. The van der Waals surface area contributed by atoms with Crippen LogP contribution in [0.2, 0.25) is 0 Å². The molecule has 2 aromatic rings. The van der Waals surface area contributed by atoms with Crippen molar-refractivity contribution in [3.8, 4) is 10.7 Å². The second-order valence-electron chi connectivity index (χ2n) is 4.45. The molecule has 0 aliphatic heterocycles. The maximum Gasteiger partial charge on any atom is 0.381 e. The summed E-state index contributed by atoms with van der Waals surface area (Å²) in [5, 5.41) is 11.6. The Morgan fingerprint density at radius 3 is 2.59 bits per heavy atom. The Kier molecular flexibility index (Phi) is 4.41. The fourth-order valence-electron chi connectivity index (χ4n) is 2.30. The summed E-state index contributed by atoms with van der Waals surface area (Å²) in [6, 6.07) is 0. The lowest BCUT2D eigenvalue weighted by molar-refractivity contribution is -0.137. The highest BCUT2D eigenvalue weighted by Gasteiger charge is 2.31. The van der Waals surface area contributed by atoms with E-state index in [2.05, 4.69) is 4.98 Å². The zero-order valence-electron chi connectivity index (χ0n) is 12.2. The number of thiazole rings is 1. The Labute approximate surface area is 130 Å². The third-order valence-corrected chi connectivity index (χ3v) is 3.94. The van der Waals surface area contributed by atoms with Crippen LogP contribution in [0, 0.1) is 6.92 Å². The number of carboxylic acid groups (broad SMARTS) is 1. The maximum atomic E-state index is 12.2. The van der Waals surface area contributed by atoms with E-state index in [-0.39, 0.29) is 23.4 Å². The van der Waals surface area contributed by atoms with E-state index in [1.807, 2.05) is 0 Å². The van der Waals surface area contributed by atoms with Crippen molar-refractivity contribution in [3.05, 3.63) is 28.4 Å². The number of Topliss-reactive ketones (excluding diaryl/α,β-unsaturated/α-hetero) is 1. The van der Waals surface area contributed by atoms with E-state index in [4.69, 9.17) is 4.74 Å². The molecule has 0 saturated heterocycles. The summed E-state index contributed by atoms with van der Waals surface area (Å²) < 4.78 is 6.09. The number of carbonyl (C=O) groups excluding carboxylic acids is 2. The van der Waals surface area contributed by atoms with Crippen molar-refractivity contribution in [2.24, 2.45) is 7.05 Å². The van der Waals surface area contributed by atoms with Crippen molar-refractivity contribution in [1.29, 1.82) is 0 Å². The van der Waals surface area contributed by atoms with Gasteiger partial charge in [0.05, 0.1) is 17.9 Å². The molecule has 116 valence electrons. The molecular weight excluding hydrogens is 308 g/mol. The number of hydrogen-bond donors (Lipinski definition) is 1. The second-order valence-corrected chi connectivity index (χ2v) is 5.34. The Hall–Kier alpha value is -2.48. The van der Waals surface area contributed by atoms with E-state index < -0.39 is 17.7 Å². The highest BCUT2D eigenvalue weighted by atomic mass is 32.1. The molecular formula is C14H14N2O5S. The van der Waals surface area contributed by atoms with Gasteiger partial charge in [-0.2, -0.15) is 0 Å². The van der Waals surface area contributed by atoms with Crippen LogP contribution < -0.4 is 0 Å². The van der Waals surface area contributed by atoms with Crippen LogP contribution >= 0.6 is 11.3 Å². The number of ketones is 1. The topological polar surface area (TPSA) is 98.5 Å². The Morgan fingerprint density at radius 1 is 1.41 bits per heavy atom. The fourth-order valence-corrected chi connectivity index (χ4v) is 3.02. The zero-order chi connectivity index (χ0) is 16.4. The van der Waals surface area contributed by atoms with Gasteiger partial charge in [0.15, 0.2) is 0 Å². The van der Waals surface area contributed by atoms with Crippen LogP contribution in [0.4, 0.5) is 0 Å². The molecule has 2 rings (SSSR count). The first-order valence-corrected chi connectivity index (χ1v) is 7.31. The predicted octanol–water partition coefficient (Wildman–Crippen LogP) is 1.90. The van der Waals surface area contributed by atoms with Crippen LogP contribution in [-0.2, 0) is 16.6 Å². The molecule has 8 heteroatoms. The number of ether oxygens (including phenoxy) is 1. The second kappa shape index (κ2) is 6.10. The van der Waals surface area contributed by atoms with E-state index in [1.54, 1.807) is 18.5 Å². The molecule has 22 heavy (non-hydrogen) atoms. The Morgan fingerprint density at radius 2 is 2.09 bits per heavy atom. The highest BCUT2D eigenvalue weighted by Crippen LogP contribution is 2.32. The van der Waals surface area contributed by atoms with Crippen LogP contribution in [0.25, 0.3) is 10.7 Å². The number of aromatic nitrogens is 2. The molecule has 1 N–H and O–H groups in total. The molecule has 0 aliphatic rings. The van der Waals surface area contributed by atoms with E-state index in [1.165, 1.54) is 29.9 Å². The van der Waals surface area contributed by atoms with E-state index in [0.717, 1.165) is 0 Å². The predicted molar refractivity (Wildman–Crippen MR) is 79.2 cm³/mol. The van der Waals surface area contributed by atoms with Crippen LogP contribution in [0.5, 0.6) is 0 Å². The molecule has 7 nitrogen and oxygen atoms in total. The van der Waals surface area contributed by atoms with Crippen LogP contribution in [0.15, 0.2) is 11.6 Å². The normalized spacial score (nSPS) is 10.5. The third-order valence-electron chi connectivity index (χ3n) is 3.16. The smallest absolute Gasteiger partial charge is 0.381 e. The summed E-state index contributed by atoms with van der Waals surface area (Å²) in [6.45, 7) is 3.15. The molecule has 2 heterocycles. The molecule has 0 atom stereocenters. The van der Waals surface area contributed by atoms with E-state index >= 15 is 0 Å². The summed E-state index contributed by atoms with van der Waals surface area (Å²) in [5.41, 5.74) is 0.483. The molecule has 0 unspecified atom stereocenters. The van der Waals surface area contributed by atoms with Crippen LogP contribution in [0.3, 0.4) is 0 Å². The molecule has 0 aliphatic carbocycles. The molecule has 2 aromatic heterocycles. The SMILES string of the molecule is CCOC(=O)C(=O)c1c(C)c(C(=O)O)c(-c2nccs2)n1C. The van der Waals surface area contributed by atoms with E-state index in [0.29, 0.717) is 10.7 Å². The number of rotatable bonds is 5. The largest absolute Gasteiger partial charge is 0.478 e. The summed E-state index contributed by atoms with van der Waals surface area (Å²) >= 11 is 1.25. The van der Waals surface area contributed by atoms with E-state index in [9.17, 15) is 19.5 Å². The van der Waals surface area contributed by atoms with Crippen molar-refractivity contribution in [3.63, 3.8) is 0 Å². The molecule has 0 radical (unpaired) electrons. The number of hydrogen-bond acceptors (Lipinski definition) is 6. The highest BCUT2D eigenvalue weighted by molar-refractivity contribution is 7.13. The van der Waals surface area contributed by atoms with Gasteiger partial charge in [-0.05, 0) is 19.4 Å². The van der Waals surface area contributed by atoms with Crippen LogP contribution in [-0.4, -0.2) is 39.0 Å². The minimum Gasteiger partial charge on any atom is -0.478 e. The Bertz CT molecular complexity index is 746. The summed E-state index contributed by atoms with van der Waals surface area (Å²) in [7, 11) is 1.53. The lowest BCUT2D eigenvalue weighted by Crippen LogP contribution is -2.21. The lowest BCUT2D eigenvalue weighted by atomic mass is 10.1. The van der Waals surface area contributed by atoms with Gasteiger partial charge < -0.3 is 14.4 Å². The van der Waals surface area contributed by atoms with Gasteiger partial charge in [0.1, 0.15) is 10.7 Å². The van der Waals surface area contributed by atoms with Gasteiger partial charge >= 0.3 is 11.9 Å². The number of aromatic carboxylic acids is 1. The van der Waals surface area contributed by atoms with Gasteiger partial charge in [-0.3, -0.25) is 4.79 Å². The monoisotopic (exact) mass is 322 g/mol. The molecule has 0 fully saturated rings. The van der Waals surface area contributed by atoms with Gasteiger partial charge in [-0.1, -0.05) is 0 Å². The minimum atomic E-state index is -1.18. The zero-order valence-corrected chi connectivity index (χ0v) is 13.1. The first kappa shape index (κ1) is 15.9. The van der Waals surface area contributed by atoms with Crippen molar-refractivity contribution in [2.75, 3.05) is 6.61 Å². The first-order valence-electron chi connectivity index (χ1n) is 6.44. The molecule has 0 amide bonds. The quantitative estimate of drug-likeness (QED) is 0.513. The van der Waals surface area contributed by atoms with Gasteiger partial charge in [-0.25, -0.2) is 14.6 Å². The lowest BCUT2D eigenvalue weighted by Gasteiger charge is -2.05. The minimum absolute atomic E-state index is 0.000972. The third kappa shape index (κ3) is 2.52. The number of esters is 1. The maximum absolute atomic E-state index is 12.2. The standard InChI is InChI=1S/C14H14N2O5S/c1-4-21-14(20)11(17)9-7(2)8(13(18)19)10(16(9)3)12-15-5-6-22-12/h5-6H,4H2,1-3H3,(H,18,19). The average Bonchev–Trinajstić information content (AvgIpc) is 3.04. The first-order chi connectivity index (χ1) is 10.4. The summed E-state index contributed by atoms with van der Waals surface area (Å²) in [6.07, 6.45) is 1.54. The van der Waals surface area contributed by atoms with Crippen molar-refractivity contribution in [1.82, 2.24) is 9.55 Å². The Balaban J connectivity index is 2.67. The summed E-state index contributed by atoms with van der Waals surface area (Å²) in [4.78, 5) is 39.6. The van der Waals surface area contributed by atoms with Crippen molar-refractivity contribution < 1.29 is 24.2 Å². The summed E-state index contributed by atoms with van der Waals surface area (Å²) in [5.74, 6) is -3.05. The van der Waals surface area contributed by atoms with Gasteiger partial charge in [0.2, 0.25) is 0 Å².